The molecule has 0 radical (unpaired) electrons. The first-order valence-corrected chi connectivity index (χ1v) is 6.21. The fourth-order valence-corrected chi connectivity index (χ4v) is 1.94. The van der Waals surface area contributed by atoms with Gasteiger partial charge in [0.2, 0.25) is 5.95 Å². The van der Waals surface area contributed by atoms with Crippen molar-refractivity contribution >= 4 is 5.82 Å². The summed E-state index contributed by atoms with van der Waals surface area (Å²) in [6.07, 6.45) is 1.94. The molecule has 1 aliphatic heterocycles. The van der Waals surface area contributed by atoms with E-state index in [-0.39, 0.29) is 0 Å². The zero-order valence-electron chi connectivity index (χ0n) is 10.6. The number of halogens is 1. The van der Waals surface area contributed by atoms with Gasteiger partial charge in [0.05, 0.1) is 19.3 Å². The Morgan fingerprint density at radius 3 is 2.95 bits per heavy atom. The van der Waals surface area contributed by atoms with Crippen LogP contribution in [0.4, 0.5) is 10.2 Å². The highest BCUT2D eigenvalue weighted by molar-refractivity contribution is 5.34. The highest BCUT2D eigenvalue weighted by Crippen LogP contribution is 2.18. The van der Waals surface area contributed by atoms with Crippen LogP contribution in [0.5, 0.6) is 0 Å². The minimum absolute atomic E-state index is 0.352. The first kappa shape index (κ1) is 12.1. The summed E-state index contributed by atoms with van der Waals surface area (Å²) in [5, 5.41) is 7.64. The fourth-order valence-electron chi connectivity index (χ4n) is 1.94. The fraction of sp³-hybridized carbons (Fsp3) is 0.385. The molecule has 100 valence electrons. The Morgan fingerprint density at radius 2 is 2.26 bits per heavy atom. The first-order chi connectivity index (χ1) is 9.22. The Bertz CT molecular complexity index is 580. The molecule has 19 heavy (non-hydrogen) atoms. The highest BCUT2D eigenvalue weighted by atomic mass is 19.1. The van der Waals surface area contributed by atoms with Crippen molar-refractivity contribution in [2.75, 3.05) is 18.5 Å². The molecular weight excluding hydrogens is 247 g/mol. The molecule has 2 aromatic rings. The van der Waals surface area contributed by atoms with Gasteiger partial charge in [-0.15, -0.1) is 0 Å². The van der Waals surface area contributed by atoms with Gasteiger partial charge in [-0.3, -0.25) is 4.68 Å². The van der Waals surface area contributed by atoms with Gasteiger partial charge in [0, 0.05) is 24.5 Å². The molecule has 0 saturated carbocycles. The van der Waals surface area contributed by atoms with E-state index in [4.69, 9.17) is 4.74 Å². The van der Waals surface area contributed by atoms with Crippen LogP contribution in [-0.2, 0) is 11.3 Å². The second-order valence-corrected chi connectivity index (χ2v) is 4.60. The highest BCUT2D eigenvalue weighted by Gasteiger charge is 2.20. The maximum atomic E-state index is 12.9. The van der Waals surface area contributed by atoms with E-state index in [0.717, 1.165) is 24.6 Å². The average Bonchev–Trinajstić information content (AvgIpc) is 2.74. The number of ether oxygens (including phenoxy) is 1. The number of aryl methyl sites for hydroxylation is 1. The topological polar surface area (TPSA) is 52.0 Å². The van der Waals surface area contributed by atoms with Crippen molar-refractivity contribution in [1.29, 1.82) is 0 Å². The third kappa shape index (κ3) is 2.58. The van der Waals surface area contributed by atoms with Gasteiger partial charge in [0.25, 0.3) is 0 Å². The molecule has 1 fully saturated rings. The molecule has 0 unspecified atom stereocenters. The van der Waals surface area contributed by atoms with E-state index in [1.165, 1.54) is 6.07 Å². The van der Waals surface area contributed by atoms with Gasteiger partial charge in [0.1, 0.15) is 5.82 Å². The molecule has 0 aromatic carbocycles. The van der Waals surface area contributed by atoms with Gasteiger partial charge in [0.15, 0.2) is 0 Å². The summed E-state index contributed by atoms with van der Waals surface area (Å²) in [4.78, 5) is 3.79. The van der Waals surface area contributed by atoms with Crippen LogP contribution in [-0.4, -0.2) is 28.0 Å². The van der Waals surface area contributed by atoms with Crippen molar-refractivity contribution in [3.05, 3.63) is 41.6 Å². The van der Waals surface area contributed by atoms with E-state index < -0.39 is 5.95 Å². The third-order valence-corrected chi connectivity index (χ3v) is 3.22. The van der Waals surface area contributed by atoms with E-state index in [1.807, 2.05) is 16.9 Å². The summed E-state index contributed by atoms with van der Waals surface area (Å²) in [5.74, 6) is 0.353. The Balaban J connectivity index is 1.63. The Labute approximate surface area is 110 Å². The van der Waals surface area contributed by atoms with Crippen molar-refractivity contribution in [2.45, 2.75) is 19.5 Å². The van der Waals surface area contributed by atoms with Crippen molar-refractivity contribution in [3.63, 3.8) is 0 Å². The summed E-state index contributed by atoms with van der Waals surface area (Å²) < 4.78 is 19.9. The predicted molar refractivity (Wildman–Crippen MR) is 68.3 cm³/mol. The summed E-state index contributed by atoms with van der Waals surface area (Å²) >= 11 is 0. The quantitative estimate of drug-likeness (QED) is 0.855. The number of anilines is 1. The van der Waals surface area contributed by atoms with Gasteiger partial charge in [-0.2, -0.15) is 9.49 Å². The van der Waals surface area contributed by atoms with Crippen molar-refractivity contribution in [3.8, 4) is 0 Å². The molecule has 3 heterocycles. The van der Waals surface area contributed by atoms with E-state index >= 15 is 0 Å². The number of hydrogen-bond acceptors (Lipinski definition) is 4. The average molecular weight is 262 g/mol. The molecule has 0 spiro atoms. The normalized spacial score (nSPS) is 15.3. The summed E-state index contributed by atoms with van der Waals surface area (Å²) in [6, 6.07) is 5.38. The smallest absolute Gasteiger partial charge is 0.213 e. The van der Waals surface area contributed by atoms with Crippen molar-refractivity contribution in [2.24, 2.45) is 0 Å². The van der Waals surface area contributed by atoms with E-state index in [0.29, 0.717) is 18.3 Å². The van der Waals surface area contributed by atoms with Crippen LogP contribution in [0.2, 0.25) is 0 Å². The minimum atomic E-state index is -0.449. The number of nitrogens with zero attached hydrogens (tertiary/aromatic N) is 3. The molecule has 3 rings (SSSR count). The van der Waals surface area contributed by atoms with Crippen molar-refractivity contribution in [1.82, 2.24) is 14.8 Å². The SMILES string of the molecule is Cc1nc(F)ccc1CNc1ccn(C2COC2)n1. The van der Waals surface area contributed by atoms with Crippen LogP contribution in [0.25, 0.3) is 0 Å². The molecule has 0 bridgehead atoms. The minimum Gasteiger partial charge on any atom is -0.377 e. The molecule has 2 aromatic heterocycles. The lowest BCUT2D eigenvalue weighted by molar-refractivity contribution is -0.0285. The zero-order valence-corrected chi connectivity index (χ0v) is 10.6. The zero-order chi connectivity index (χ0) is 13.2. The van der Waals surface area contributed by atoms with Crippen LogP contribution < -0.4 is 5.32 Å². The summed E-state index contributed by atoms with van der Waals surface area (Å²) in [6.45, 7) is 3.83. The molecule has 1 aliphatic rings. The van der Waals surface area contributed by atoms with Crippen LogP contribution in [0.15, 0.2) is 24.4 Å². The number of aromatic nitrogens is 3. The lowest BCUT2D eigenvalue weighted by Crippen LogP contribution is -2.30. The van der Waals surface area contributed by atoms with Crippen LogP contribution in [0.3, 0.4) is 0 Å². The molecule has 0 atom stereocenters. The molecule has 1 N–H and O–H groups in total. The third-order valence-electron chi connectivity index (χ3n) is 3.22. The molecular formula is C13H15FN4O. The first-order valence-electron chi connectivity index (χ1n) is 6.21. The molecule has 0 aliphatic carbocycles. The van der Waals surface area contributed by atoms with E-state index in [9.17, 15) is 4.39 Å². The number of nitrogens with one attached hydrogen (secondary N) is 1. The van der Waals surface area contributed by atoms with Gasteiger partial charge < -0.3 is 10.1 Å². The molecule has 0 amide bonds. The maximum absolute atomic E-state index is 12.9. The Morgan fingerprint density at radius 1 is 1.42 bits per heavy atom. The Kier molecular flexibility index (Phi) is 3.16. The van der Waals surface area contributed by atoms with E-state index in [1.54, 1.807) is 13.0 Å². The summed E-state index contributed by atoms with van der Waals surface area (Å²) in [5.41, 5.74) is 1.65. The molecule has 5 nitrogen and oxygen atoms in total. The monoisotopic (exact) mass is 262 g/mol. The summed E-state index contributed by atoms with van der Waals surface area (Å²) in [7, 11) is 0. The van der Waals surface area contributed by atoms with Crippen LogP contribution >= 0.6 is 0 Å². The van der Waals surface area contributed by atoms with Crippen LogP contribution in [0.1, 0.15) is 17.3 Å². The van der Waals surface area contributed by atoms with Crippen molar-refractivity contribution < 1.29 is 9.13 Å². The number of rotatable bonds is 4. The lowest BCUT2D eigenvalue weighted by atomic mass is 10.2. The largest absolute Gasteiger partial charge is 0.377 e. The second-order valence-electron chi connectivity index (χ2n) is 4.60. The second kappa shape index (κ2) is 4.97. The maximum Gasteiger partial charge on any atom is 0.213 e. The molecule has 1 saturated heterocycles. The number of pyridine rings is 1. The van der Waals surface area contributed by atoms with Crippen LogP contribution in [0, 0.1) is 12.9 Å². The van der Waals surface area contributed by atoms with E-state index in [2.05, 4.69) is 15.4 Å². The molecule has 6 heteroatoms. The van der Waals surface area contributed by atoms with Gasteiger partial charge >= 0.3 is 0 Å². The van der Waals surface area contributed by atoms with Gasteiger partial charge in [-0.05, 0) is 18.6 Å². The predicted octanol–water partition coefficient (Wildman–Crippen LogP) is 1.91. The Hall–Kier alpha value is -1.95. The lowest BCUT2D eigenvalue weighted by Gasteiger charge is -2.25. The standard InChI is InChI=1S/C13H15FN4O/c1-9-10(2-3-12(14)16-9)6-15-13-4-5-18(17-13)11-7-19-8-11/h2-5,11H,6-8H2,1H3,(H,15,17). The van der Waals surface area contributed by atoms with Gasteiger partial charge in [-0.1, -0.05) is 6.07 Å². The number of hydrogen-bond donors (Lipinski definition) is 1. The van der Waals surface area contributed by atoms with Gasteiger partial charge in [-0.25, -0.2) is 4.98 Å².